The van der Waals surface area contributed by atoms with Gasteiger partial charge in [0.15, 0.2) is 11.5 Å². The molecule has 1 atom stereocenters. The molecule has 2 aliphatic heterocycles. The summed E-state index contributed by atoms with van der Waals surface area (Å²) in [5.74, 6) is 0.841. The van der Waals surface area contributed by atoms with Crippen molar-refractivity contribution in [2.24, 2.45) is 0 Å². The molecule has 1 aromatic heterocycles. The third-order valence-corrected chi connectivity index (χ3v) is 7.04. The van der Waals surface area contributed by atoms with Crippen molar-refractivity contribution in [3.05, 3.63) is 82.0 Å². The van der Waals surface area contributed by atoms with Gasteiger partial charge < -0.3 is 24.0 Å². The molecular formula is C27H28N2O5S. The van der Waals surface area contributed by atoms with Crippen molar-refractivity contribution in [2.45, 2.75) is 32.0 Å². The Hall–Kier alpha value is -3.36. The summed E-state index contributed by atoms with van der Waals surface area (Å²) in [5, 5.41) is 2.01. The molecule has 0 aliphatic carbocycles. The van der Waals surface area contributed by atoms with Gasteiger partial charge in [-0.25, -0.2) is 0 Å². The number of carbonyl (C=O) groups is 2. The largest absolute Gasteiger partial charge is 0.454 e. The Morgan fingerprint density at radius 3 is 2.57 bits per heavy atom. The first-order valence-corrected chi connectivity index (χ1v) is 12.7. The number of carbonyl (C=O) groups excluding carboxylic acids is 2. The van der Waals surface area contributed by atoms with E-state index >= 15 is 0 Å². The smallest absolute Gasteiger partial charge is 0.254 e. The molecule has 2 aromatic carbocycles. The van der Waals surface area contributed by atoms with Crippen LogP contribution in [-0.4, -0.2) is 54.2 Å². The number of hydrogen-bond acceptors (Lipinski definition) is 6. The highest BCUT2D eigenvalue weighted by Crippen LogP contribution is 2.33. The maximum Gasteiger partial charge on any atom is 0.254 e. The van der Waals surface area contributed by atoms with Crippen LogP contribution in [0.4, 0.5) is 0 Å². The van der Waals surface area contributed by atoms with Gasteiger partial charge in [-0.05, 0) is 48.1 Å². The van der Waals surface area contributed by atoms with Crippen molar-refractivity contribution in [2.75, 3.05) is 26.5 Å². The Bertz CT molecular complexity index is 1150. The number of hydrogen-bond donors (Lipinski definition) is 0. The van der Waals surface area contributed by atoms with Gasteiger partial charge in [0.2, 0.25) is 12.7 Å². The average Bonchev–Trinajstić information content (AvgIpc) is 3.66. The Kier molecular flexibility index (Phi) is 7.30. The molecule has 8 heteroatoms. The van der Waals surface area contributed by atoms with Crippen LogP contribution in [0.25, 0.3) is 0 Å². The maximum atomic E-state index is 13.6. The zero-order valence-electron chi connectivity index (χ0n) is 19.4. The topological polar surface area (TPSA) is 68.3 Å². The quantitative estimate of drug-likeness (QED) is 0.445. The van der Waals surface area contributed by atoms with Gasteiger partial charge in [-0.2, -0.15) is 0 Å². The fourth-order valence-corrected chi connectivity index (χ4v) is 5.07. The number of ether oxygens (including phenoxy) is 3. The Labute approximate surface area is 208 Å². The van der Waals surface area contributed by atoms with E-state index in [0.29, 0.717) is 43.3 Å². The SMILES string of the molecule is O=C(CN(CC1CCCO1)C(=O)c1ccc2c(c1)OCO2)N(Cc1ccccc1)Cc1cccs1. The van der Waals surface area contributed by atoms with Crippen molar-refractivity contribution in [3.63, 3.8) is 0 Å². The monoisotopic (exact) mass is 492 g/mol. The second kappa shape index (κ2) is 10.9. The highest BCUT2D eigenvalue weighted by molar-refractivity contribution is 7.09. The molecule has 1 unspecified atom stereocenters. The minimum atomic E-state index is -0.220. The van der Waals surface area contributed by atoms with E-state index in [2.05, 4.69) is 0 Å². The summed E-state index contributed by atoms with van der Waals surface area (Å²) in [6.07, 6.45) is 1.77. The van der Waals surface area contributed by atoms with Crippen LogP contribution >= 0.6 is 11.3 Å². The van der Waals surface area contributed by atoms with E-state index in [1.165, 1.54) is 0 Å². The summed E-state index contributed by atoms with van der Waals surface area (Å²) in [4.78, 5) is 31.7. The standard InChI is InChI=1S/C27H28N2O5S/c30-26(28(17-23-9-5-13-35-23)15-20-6-2-1-3-7-20)18-29(16-22-8-4-12-32-22)27(31)21-10-11-24-25(14-21)34-19-33-24/h1-3,5-7,9-11,13-14,22H,4,8,12,15-19H2. The summed E-state index contributed by atoms with van der Waals surface area (Å²) < 4.78 is 16.6. The molecule has 5 rings (SSSR count). The van der Waals surface area contributed by atoms with Crippen LogP contribution in [0.2, 0.25) is 0 Å². The molecular weight excluding hydrogens is 464 g/mol. The summed E-state index contributed by atoms with van der Waals surface area (Å²) in [5.41, 5.74) is 1.51. The lowest BCUT2D eigenvalue weighted by Crippen LogP contribution is -2.45. The van der Waals surface area contributed by atoms with Crippen LogP contribution in [-0.2, 0) is 22.6 Å². The van der Waals surface area contributed by atoms with Gasteiger partial charge >= 0.3 is 0 Å². The molecule has 35 heavy (non-hydrogen) atoms. The molecule has 1 saturated heterocycles. The van der Waals surface area contributed by atoms with Crippen molar-refractivity contribution >= 4 is 23.2 Å². The van der Waals surface area contributed by atoms with E-state index < -0.39 is 0 Å². The van der Waals surface area contributed by atoms with E-state index in [1.54, 1.807) is 34.4 Å². The fourth-order valence-electron chi connectivity index (χ4n) is 4.36. The van der Waals surface area contributed by atoms with E-state index in [4.69, 9.17) is 14.2 Å². The first-order valence-electron chi connectivity index (χ1n) is 11.8. The van der Waals surface area contributed by atoms with Crippen molar-refractivity contribution < 1.29 is 23.8 Å². The number of amides is 2. The molecule has 182 valence electrons. The molecule has 2 aliphatic rings. The predicted octanol–water partition coefficient (Wildman–Crippen LogP) is 4.33. The lowest BCUT2D eigenvalue weighted by molar-refractivity contribution is -0.133. The molecule has 3 heterocycles. The molecule has 3 aromatic rings. The summed E-state index contributed by atoms with van der Waals surface area (Å²) in [7, 11) is 0. The lowest BCUT2D eigenvalue weighted by atomic mass is 10.1. The number of nitrogens with zero attached hydrogens (tertiary/aromatic N) is 2. The molecule has 0 N–H and O–H groups in total. The van der Waals surface area contributed by atoms with Gasteiger partial charge in [-0.3, -0.25) is 9.59 Å². The van der Waals surface area contributed by atoms with Crippen LogP contribution in [0, 0.1) is 0 Å². The van der Waals surface area contributed by atoms with Crippen LogP contribution in [0.5, 0.6) is 11.5 Å². The van der Waals surface area contributed by atoms with Gasteiger partial charge in [-0.15, -0.1) is 11.3 Å². The fraction of sp³-hybridized carbons (Fsp3) is 0.333. The van der Waals surface area contributed by atoms with Crippen molar-refractivity contribution in [3.8, 4) is 11.5 Å². The highest BCUT2D eigenvalue weighted by atomic mass is 32.1. The number of thiophene rings is 1. The first-order chi connectivity index (χ1) is 17.2. The van der Waals surface area contributed by atoms with Crippen molar-refractivity contribution in [1.29, 1.82) is 0 Å². The Morgan fingerprint density at radius 1 is 0.943 bits per heavy atom. The van der Waals surface area contributed by atoms with Gasteiger partial charge in [-0.1, -0.05) is 36.4 Å². The minimum Gasteiger partial charge on any atom is -0.454 e. The summed E-state index contributed by atoms with van der Waals surface area (Å²) >= 11 is 1.62. The third-order valence-electron chi connectivity index (χ3n) is 6.18. The molecule has 0 spiro atoms. The number of benzene rings is 2. The first kappa shape index (κ1) is 23.4. The zero-order chi connectivity index (χ0) is 24.0. The molecule has 0 bridgehead atoms. The van der Waals surface area contributed by atoms with Crippen molar-refractivity contribution in [1.82, 2.24) is 9.80 Å². The normalized spacial score (nSPS) is 16.3. The predicted molar refractivity (Wildman–Crippen MR) is 132 cm³/mol. The molecule has 7 nitrogen and oxygen atoms in total. The Morgan fingerprint density at radius 2 is 1.80 bits per heavy atom. The number of rotatable bonds is 9. The van der Waals surface area contributed by atoms with Gasteiger partial charge in [0.1, 0.15) is 6.54 Å². The van der Waals surface area contributed by atoms with Crippen LogP contribution < -0.4 is 9.47 Å². The second-order valence-corrected chi connectivity index (χ2v) is 9.74. The molecule has 2 amide bonds. The van der Waals surface area contributed by atoms with E-state index in [9.17, 15) is 9.59 Å². The Balaban J connectivity index is 1.36. The summed E-state index contributed by atoms with van der Waals surface area (Å²) in [6.45, 7) is 2.15. The minimum absolute atomic E-state index is 0.0225. The molecule has 1 fully saturated rings. The van der Waals surface area contributed by atoms with Crippen LogP contribution in [0.15, 0.2) is 66.0 Å². The third kappa shape index (κ3) is 5.83. The zero-order valence-corrected chi connectivity index (χ0v) is 20.2. The van der Waals surface area contributed by atoms with Gasteiger partial charge in [0, 0.05) is 30.1 Å². The van der Waals surface area contributed by atoms with E-state index in [0.717, 1.165) is 23.3 Å². The van der Waals surface area contributed by atoms with E-state index in [1.807, 2.05) is 52.7 Å². The lowest BCUT2D eigenvalue weighted by Gasteiger charge is -2.29. The van der Waals surface area contributed by atoms with Gasteiger partial charge in [0.05, 0.1) is 12.6 Å². The molecule has 0 radical (unpaired) electrons. The van der Waals surface area contributed by atoms with Crippen LogP contribution in [0.3, 0.4) is 0 Å². The maximum absolute atomic E-state index is 13.6. The average molecular weight is 493 g/mol. The van der Waals surface area contributed by atoms with Crippen LogP contribution in [0.1, 0.15) is 33.6 Å². The van der Waals surface area contributed by atoms with E-state index in [-0.39, 0.29) is 31.3 Å². The number of fused-ring (bicyclic) bond motifs is 1. The van der Waals surface area contributed by atoms with Gasteiger partial charge in [0.25, 0.3) is 5.91 Å². The highest BCUT2D eigenvalue weighted by Gasteiger charge is 2.28. The second-order valence-electron chi connectivity index (χ2n) is 8.70. The molecule has 0 saturated carbocycles. The summed E-state index contributed by atoms with van der Waals surface area (Å²) in [6, 6.07) is 19.1.